The molecule has 154 valence electrons. The molecule has 8 nitrogen and oxygen atoms in total. The Morgan fingerprint density at radius 1 is 1.30 bits per heavy atom. The van der Waals surface area contributed by atoms with Crippen molar-refractivity contribution in [1.29, 1.82) is 0 Å². The van der Waals surface area contributed by atoms with Crippen molar-refractivity contribution >= 4 is 28.3 Å². The number of nitrogens with zero attached hydrogens (tertiary/aromatic N) is 3. The SMILES string of the molecule is Cc1nn(C)c(C)c1S(=O)(=O)N1CCCC(CNC(=O)C2CCCN2)C1.Cl. The fourth-order valence-corrected chi connectivity index (χ4v) is 5.90. The van der Waals surface area contributed by atoms with Crippen LogP contribution in [0, 0.1) is 19.8 Å². The van der Waals surface area contributed by atoms with E-state index in [0.29, 0.717) is 35.9 Å². The number of rotatable bonds is 5. The molecule has 2 aliphatic rings. The number of sulfonamides is 1. The Morgan fingerprint density at radius 2 is 2.04 bits per heavy atom. The monoisotopic (exact) mass is 419 g/mol. The van der Waals surface area contributed by atoms with Gasteiger partial charge in [0.15, 0.2) is 0 Å². The van der Waals surface area contributed by atoms with Crippen LogP contribution in [0.4, 0.5) is 0 Å². The van der Waals surface area contributed by atoms with E-state index in [-0.39, 0.29) is 30.3 Å². The predicted octanol–water partition coefficient (Wildman–Crippen LogP) is 0.728. The average Bonchev–Trinajstić information content (AvgIpc) is 3.22. The van der Waals surface area contributed by atoms with E-state index in [2.05, 4.69) is 15.7 Å². The number of carbonyl (C=O) groups excluding carboxylic acids is 1. The molecule has 0 spiro atoms. The molecule has 2 fully saturated rings. The number of hydrogen-bond acceptors (Lipinski definition) is 5. The second-order valence-electron chi connectivity index (χ2n) is 7.39. The summed E-state index contributed by atoms with van der Waals surface area (Å²) in [4.78, 5) is 12.5. The molecule has 10 heteroatoms. The van der Waals surface area contributed by atoms with Gasteiger partial charge in [-0.05, 0) is 52.0 Å². The minimum atomic E-state index is -3.56. The number of nitrogens with one attached hydrogen (secondary N) is 2. The first-order valence-corrected chi connectivity index (χ1v) is 10.8. The van der Waals surface area contributed by atoms with Crippen LogP contribution in [-0.4, -0.2) is 60.6 Å². The molecule has 3 heterocycles. The molecule has 27 heavy (non-hydrogen) atoms. The summed E-state index contributed by atoms with van der Waals surface area (Å²) in [6, 6.07) is -0.0980. The van der Waals surface area contributed by atoms with Gasteiger partial charge in [-0.15, -0.1) is 12.4 Å². The largest absolute Gasteiger partial charge is 0.354 e. The van der Waals surface area contributed by atoms with Gasteiger partial charge < -0.3 is 10.6 Å². The lowest BCUT2D eigenvalue weighted by molar-refractivity contribution is -0.123. The van der Waals surface area contributed by atoms with E-state index < -0.39 is 10.0 Å². The molecule has 3 rings (SSSR count). The topological polar surface area (TPSA) is 96.3 Å². The summed E-state index contributed by atoms with van der Waals surface area (Å²) < 4.78 is 29.4. The highest BCUT2D eigenvalue weighted by Crippen LogP contribution is 2.27. The molecule has 2 atom stereocenters. The number of piperidine rings is 1. The molecule has 0 aromatic carbocycles. The smallest absolute Gasteiger partial charge is 0.246 e. The number of halogens is 1. The molecular weight excluding hydrogens is 390 g/mol. The molecular formula is C17H30ClN5O3S. The number of hydrogen-bond donors (Lipinski definition) is 2. The van der Waals surface area contributed by atoms with Crippen molar-refractivity contribution in [2.24, 2.45) is 13.0 Å². The maximum atomic E-state index is 13.1. The van der Waals surface area contributed by atoms with Crippen LogP contribution >= 0.6 is 12.4 Å². The number of aromatic nitrogens is 2. The lowest BCUT2D eigenvalue weighted by Gasteiger charge is -2.32. The highest BCUT2D eigenvalue weighted by molar-refractivity contribution is 7.89. The molecule has 2 saturated heterocycles. The number of carbonyl (C=O) groups is 1. The van der Waals surface area contributed by atoms with E-state index in [1.807, 2.05) is 0 Å². The Bertz CT molecular complexity index is 774. The maximum absolute atomic E-state index is 13.1. The number of amides is 1. The van der Waals surface area contributed by atoms with Crippen LogP contribution in [0.15, 0.2) is 4.90 Å². The molecule has 0 aliphatic carbocycles. The molecule has 2 N–H and O–H groups in total. The van der Waals surface area contributed by atoms with Gasteiger partial charge in [0.2, 0.25) is 15.9 Å². The molecule has 2 unspecified atom stereocenters. The Kier molecular flexibility index (Phi) is 7.29. The van der Waals surface area contributed by atoms with E-state index in [1.54, 1.807) is 29.9 Å². The van der Waals surface area contributed by atoms with Crippen LogP contribution in [0.5, 0.6) is 0 Å². The highest BCUT2D eigenvalue weighted by Gasteiger charge is 2.34. The maximum Gasteiger partial charge on any atom is 0.246 e. The van der Waals surface area contributed by atoms with Crippen LogP contribution in [0.1, 0.15) is 37.1 Å². The summed E-state index contributed by atoms with van der Waals surface area (Å²) in [7, 11) is -1.81. The van der Waals surface area contributed by atoms with E-state index >= 15 is 0 Å². The first-order valence-electron chi connectivity index (χ1n) is 9.32. The predicted molar refractivity (Wildman–Crippen MR) is 105 cm³/mol. The van der Waals surface area contributed by atoms with Crippen LogP contribution in [0.2, 0.25) is 0 Å². The third-order valence-corrected chi connectivity index (χ3v) is 7.58. The summed E-state index contributed by atoms with van der Waals surface area (Å²) in [6.07, 6.45) is 3.63. The van der Waals surface area contributed by atoms with Crippen LogP contribution in [-0.2, 0) is 21.9 Å². The van der Waals surface area contributed by atoms with Crippen molar-refractivity contribution in [3.8, 4) is 0 Å². The molecule has 0 bridgehead atoms. The van der Waals surface area contributed by atoms with Gasteiger partial charge in [-0.1, -0.05) is 0 Å². The highest BCUT2D eigenvalue weighted by atomic mass is 35.5. The zero-order valence-electron chi connectivity index (χ0n) is 16.2. The molecule has 1 amide bonds. The second kappa shape index (κ2) is 8.89. The van der Waals surface area contributed by atoms with E-state index in [1.165, 1.54) is 0 Å². The van der Waals surface area contributed by atoms with Gasteiger partial charge in [-0.25, -0.2) is 8.42 Å². The lowest BCUT2D eigenvalue weighted by atomic mass is 9.99. The fraction of sp³-hybridized carbons (Fsp3) is 0.765. The van der Waals surface area contributed by atoms with Gasteiger partial charge in [0.05, 0.1) is 17.4 Å². The number of aryl methyl sites for hydroxylation is 2. The molecule has 1 aromatic rings. The zero-order chi connectivity index (χ0) is 18.9. The van der Waals surface area contributed by atoms with E-state index in [4.69, 9.17) is 0 Å². The Balaban J connectivity index is 0.00000261. The van der Waals surface area contributed by atoms with Crippen LogP contribution in [0.25, 0.3) is 0 Å². The molecule has 1 aromatic heterocycles. The summed E-state index contributed by atoms with van der Waals surface area (Å²) in [5.41, 5.74) is 1.19. The van der Waals surface area contributed by atoms with Gasteiger partial charge >= 0.3 is 0 Å². The van der Waals surface area contributed by atoms with Crippen molar-refractivity contribution < 1.29 is 13.2 Å². The van der Waals surface area contributed by atoms with Crippen molar-refractivity contribution in [1.82, 2.24) is 24.7 Å². The van der Waals surface area contributed by atoms with Crippen molar-refractivity contribution in [2.75, 3.05) is 26.2 Å². The average molecular weight is 420 g/mol. The van der Waals surface area contributed by atoms with Gasteiger partial charge in [0, 0.05) is 26.7 Å². The summed E-state index contributed by atoms with van der Waals surface area (Å²) in [5, 5.41) is 10.4. The molecule has 0 saturated carbocycles. The first-order chi connectivity index (χ1) is 12.3. The summed E-state index contributed by atoms with van der Waals surface area (Å²) in [6.45, 7) is 5.88. The van der Waals surface area contributed by atoms with Crippen LogP contribution < -0.4 is 10.6 Å². The van der Waals surface area contributed by atoms with Gasteiger partial charge in [0.1, 0.15) is 4.90 Å². The van der Waals surface area contributed by atoms with Gasteiger partial charge in [0.25, 0.3) is 0 Å². The third kappa shape index (κ3) is 4.64. The van der Waals surface area contributed by atoms with Gasteiger partial charge in [-0.3, -0.25) is 9.48 Å². The quantitative estimate of drug-likeness (QED) is 0.733. The molecule has 0 radical (unpaired) electrons. The van der Waals surface area contributed by atoms with Crippen LogP contribution in [0.3, 0.4) is 0 Å². The fourth-order valence-electron chi connectivity index (χ4n) is 3.94. The second-order valence-corrected chi connectivity index (χ2v) is 9.26. The first kappa shape index (κ1) is 22.1. The van der Waals surface area contributed by atoms with E-state index in [0.717, 1.165) is 32.2 Å². The lowest BCUT2D eigenvalue weighted by Crippen LogP contribution is -2.46. The Hall–Kier alpha value is -1.16. The summed E-state index contributed by atoms with van der Waals surface area (Å²) in [5.74, 6) is 0.169. The van der Waals surface area contributed by atoms with Crippen molar-refractivity contribution in [2.45, 2.75) is 50.5 Å². The van der Waals surface area contributed by atoms with Crippen molar-refractivity contribution in [3.63, 3.8) is 0 Å². The van der Waals surface area contributed by atoms with Gasteiger partial charge in [-0.2, -0.15) is 9.40 Å². The standard InChI is InChI=1S/C17H29N5O3S.ClH/c1-12-16(13(2)21(3)20-12)26(24,25)22-9-5-6-14(11-22)10-19-17(23)15-7-4-8-18-15;/h14-15,18H,4-11H2,1-3H3,(H,19,23);1H. The third-order valence-electron chi connectivity index (χ3n) is 5.46. The Morgan fingerprint density at radius 3 is 2.63 bits per heavy atom. The minimum Gasteiger partial charge on any atom is -0.354 e. The zero-order valence-corrected chi connectivity index (χ0v) is 17.8. The minimum absolute atomic E-state index is 0. The molecule has 2 aliphatic heterocycles. The van der Waals surface area contributed by atoms with Crippen molar-refractivity contribution in [3.05, 3.63) is 11.4 Å². The summed E-state index contributed by atoms with van der Waals surface area (Å²) >= 11 is 0. The normalized spacial score (nSPS) is 23.8. The Labute approximate surface area is 167 Å². The van der Waals surface area contributed by atoms with E-state index in [9.17, 15) is 13.2 Å².